The lowest BCUT2D eigenvalue weighted by atomic mass is 10.1. The van der Waals surface area contributed by atoms with Gasteiger partial charge in [0.15, 0.2) is 0 Å². The summed E-state index contributed by atoms with van der Waals surface area (Å²) in [5, 5.41) is 2.80. The SMILES string of the molecule is CCCOc1ccc(/C=C/C(=O)Nc2ccc(C(=O)OC)cc2C)cc1. The first kappa shape index (κ1) is 19.2. The average Bonchev–Trinajstić information content (AvgIpc) is 2.66. The molecule has 0 unspecified atom stereocenters. The highest BCUT2D eigenvalue weighted by molar-refractivity contribution is 6.02. The molecule has 0 bridgehead atoms. The van der Waals surface area contributed by atoms with E-state index < -0.39 is 5.97 Å². The molecule has 0 heterocycles. The van der Waals surface area contributed by atoms with Gasteiger partial charge in [-0.05, 0) is 60.9 Å². The molecule has 2 rings (SSSR count). The van der Waals surface area contributed by atoms with Gasteiger partial charge in [-0.3, -0.25) is 4.79 Å². The number of hydrogen-bond donors (Lipinski definition) is 1. The molecule has 0 atom stereocenters. The molecule has 2 aromatic rings. The normalized spacial score (nSPS) is 10.6. The summed E-state index contributed by atoms with van der Waals surface area (Å²) in [6, 6.07) is 12.5. The molecule has 26 heavy (non-hydrogen) atoms. The summed E-state index contributed by atoms with van der Waals surface area (Å²) >= 11 is 0. The maximum Gasteiger partial charge on any atom is 0.337 e. The zero-order chi connectivity index (χ0) is 18.9. The van der Waals surface area contributed by atoms with E-state index in [9.17, 15) is 9.59 Å². The van der Waals surface area contributed by atoms with E-state index in [1.165, 1.54) is 13.2 Å². The van der Waals surface area contributed by atoms with Crippen LogP contribution in [0.25, 0.3) is 6.08 Å². The van der Waals surface area contributed by atoms with Gasteiger partial charge in [0.05, 0.1) is 19.3 Å². The molecule has 5 heteroatoms. The van der Waals surface area contributed by atoms with Crippen LogP contribution in [0, 0.1) is 6.92 Å². The molecule has 136 valence electrons. The van der Waals surface area contributed by atoms with E-state index in [-0.39, 0.29) is 5.91 Å². The molecule has 0 spiro atoms. The molecule has 0 saturated carbocycles. The third-order valence-electron chi connectivity index (χ3n) is 3.69. The number of esters is 1. The van der Waals surface area contributed by atoms with Gasteiger partial charge in [0.25, 0.3) is 0 Å². The van der Waals surface area contributed by atoms with Crippen molar-refractivity contribution in [2.45, 2.75) is 20.3 Å². The fraction of sp³-hybridized carbons (Fsp3) is 0.238. The predicted molar refractivity (Wildman–Crippen MR) is 102 cm³/mol. The van der Waals surface area contributed by atoms with Crippen molar-refractivity contribution in [2.75, 3.05) is 19.0 Å². The van der Waals surface area contributed by atoms with E-state index in [2.05, 4.69) is 17.0 Å². The van der Waals surface area contributed by atoms with Crippen LogP contribution in [-0.4, -0.2) is 25.6 Å². The lowest BCUT2D eigenvalue weighted by Crippen LogP contribution is -2.10. The third kappa shape index (κ3) is 5.48. The van der Waals surface area contributed by atoms with Gasteiger partial charge in [-0.2, -0.15) is 0 Å². The number of aryl methyl sites for hydroxylation is 1. The molecule has 0 fully saturated rings. The number of carbonyl (C=O) groups excluding carboxylic acids is 2. The van der Waals surface area contributed by atoms with Crippen molar-refractivity contribution in [2.24, 2.45) is 0 Å². The van der Waals surface area contributed by atoms with E-state index in [0.717, 1.165) is 23.3 Å². The average molecular weight is 353 g/mol. The monoisotopic (exact) mass is 353 g/mol. The Morgan fingerprint density at radius 1 is 1.12 bits per heavy atom. The zero-order valence-corrected chi connectivity index (χ0v) is 15.2. The number of amides is 1. The van der Waals surface area contributed by atoms with Crippen LogP contribution >= 0.6 is 0 Å². The van der Waals surface area contributed by atoms with Crippen LogP contribution in [0.5, 0.6) is 5.75 Å². The Kier molecular flexibility index (Phi) is 6.97. The number of carbonyl (C=O) groups is 2. The van der Waals surface area contributed by atoms with Gasteiger partial charge in [-0.1, -0.05) is 19.1 Å². The third-order valence-corrected chi connectivity index (χ3v) is 3.69. The molecule has 0 aliphatic carbocycles. The largest absolute Gasteiger partial charge is 0.494 e. The van der Waals surface area contributed by atoms with E-state index >= 15 is 0 Å². The van der Waals surface area contributed by atoms with Gasteiger partial charge in [-0.25, -0.2) is 4.79 Å². The van der Waals surface area contributed by atoms with Crippen LogP contribution in [0.1, 0.15) is 34.8 Å². The lowest BCUT2D eigenvalue weighted by molar-refractivity contribution is -0.111. The fourth-order valence-corrected chi connectivity index (χ4v) is 2.29. The molecule has 0 aliphatic rings. The molecular formula is C21H23NO4. The quantitative estimate of drug-likeness (QED) is 0.598. The molecule has 0 saturated heterocycles. The van der Waals surface area contributed by atoms with Gasteiger partial charge in [0.1, 0.15) is 5.75 Å². The first-order valence-corrected chi connectivity index (χ1v) is 8.44. The topological polar surface area (TPSA) is 64.6 Å². The Morgan fingerprint density at radius 3 is 2.46 bits per heavy atom. The van der Waals surface area contributed by atoms with E-state index in [1.54, 1.807) is 24.3 Å². The summed E-state index contributed by atoms with van der Waals surface area (Å²) in [4.78, 5) is 23.6. The number of anilines is 1. The molecule has 0 aromatic heterocycles. The second-order valence-electron chi connectivity index (χ2n) is 5.76. The Bertz CT molecular complexity index is 794. The molecule has 1 amide bonds. The number of benzene rings is 2. The Hall–Kier alpha value is -3.08. The van der Waals surface area contributed by atoms with E-state index in [0.29, 0.717) is 17.9 Å². The van der Waals surface area contributed by atoms with Crippen LogP contribution in [0.15, 0.2) is 48.5 Å². The number of nitrogens with one attached hydrogen (secondary N) is 1. The number of ether oxygens (including phenoxy) is 2. The van der Waals surface area contributed by atoms with Crippen LogP contribution in [-0.2, 0) is 9.53 Å². The highest BCUT2D eigenvalue weighted by Gasteiger charge is 2.08. The molecule has 0 aliphatic heterocycles. The van der Waals surface area contributed by atoms with Crippen LogP contribution in [0.2, 0.25) is 0 Å². The first-order valence-electron chi connectivity index (χ1n) is 8.44. The van der Waals surface area contributed by atoms with Crippen LogP contribution in [0.3, 0.4) is 0 Å². The zero-order valence-electron chi connectivity index (χ0n) is 15.2. The summed E-state index contributed by atoms with van der Waals surface area (Å²) in [6.07, 6.45) is 4.16. The van der Waals surface area contributed by atoms with Gasteiger partial charge >= 0.3 is 5.97 Å². The minimum absolute atomic E-state index is 0.245. The minimum Gasteiger partial charge on any atom is -0.494 e. The summed E-state index contributed by atoms with van der Waals surface area (Å²) < 4.78 is 10.2. The second-order valence-corrected chi connectivity index (χ2v) is 5.76. The standard InChI is InChI=1S/C21H23NO4/c1-4-13-26-18-9-5-16(6-10-18)7-12-20(23)22-19-11-8-17(14-15(19)2)21(24)25-3/h5-12,14H,4,13H2,1-3H3,(H,22,23)/b12-7+. The van der Waals surface area contributed by atoms with Crippen LogP contribution < -0.4 is 10.1 Å². The van der Waals surface area contributed by atoms with Crippen molar-refractivity contribution in [3.8, 4) is 5.75 Å². The number of methoxy groups -OCH3 is 1. The summed E-state index contributed by atoms with van der Waals surface area (Å²) in [6.45, 7) is 4.56. The van der Waals surface area contributed by atoms with E-state index in [4.69, 9.17) is 4.74 Å². The number of rotatable bonds is 7. The highest BCUT2D eigenvalue weighted by atomic mass is 16.5. The van der Waals surface area contributed by atoms with Gasteiger partial charge in [-0.15, -0.1) is 0 Å². The molecular weight excluding hydrogens is 330 g/mol. The Labute approximate surface area is 153 Å². The van der Waals surface area contributed by atoms with Crippen molar-refractivity contribution in [1.82, 2.24) is 0 Å². The molecule has 0 radical (unpaired) electrons. The van der Waals surface area contributed by atoms with Crippen molar-refractivity contribution in [3.63, 3.8) is 0 Å². The van der Waals surface area contributed by atoms with Crippen molar-refractivity contribution in [1.29, 1.82) is 0 Å². The molecule has 5 nitrogen and oxygen atoms in total. The fourth-order valence-electron chi connectivity index (χ4n) is 2.29. The molecule has 2 aromatic carbocycles. The Balaban J connectivity index is 1.97. The van der Waals surface area contributed by atoms with Gasteiger partial charge in [0, 0.05) is 11.8 Å². The summed E-state index contributed by atoms with van der Waals surface area (Å²) in [7, 11) is 1.33. The smallest absolute Gasteiger partial charge is 0.337 e. The summed E-state index contributed by atoms with van der Waals surface area (Å²) in [5.74, 6) is 0.164. The summed E-state index contributed by atoms with van der Waals surface area (Å²) in [5.41, 5.74) is 2.79. The highest BCUT2D eigenvalue weighted by Crippen LogP contribution is 2.18. The van der Waals surface area contributed by atoms with Crippen LogP contribution in [0.4, 0.5) is 5.69 Å². The van der Waals surface area contributed by atoms with Gasteiger partial charge < -0.3 is 14.8 Å². The van der Waals surface area contributed by atoms with Crippen molar-refractivity contribution in [3.05, 3.63) is 65.2 Å². The number of hydrogen-bond acceptors (Lipinski definition) is 4. The lowest BCUT2D eigenvalue weighted by Gasteiger charge is -2.08. The maximum absolute atomic E-state index is 12.1. The minimum atomic E-state index is -0.405. The Morgan fingerprint density at radius 2 is 1.85 bits per heavy atom. The van der Waals surface area contributed by atoms with Gasteiger partial charge in [0.2, 0.25) is 5.91 Å². The maximum atomic E-state index is 12.1. The van der Waals surface area contributed by atoms with Crippen molar-refractivity contribution < 1.29 is 19.1 Å². The van der Waals surface area contributed by atoms with E-state index in [1.807, 2.05) is 31.2 Å². The molecule has 1 N–H and O–H groups in total. The first-order chi connectivity index (χ1) is 12.5. The van der Waals surface area contributed by atoms with Crippen molar-refractivity contribution >= 4 is 23.6 Å². The second kappa shape index (κ2) is 9.42. The predicted octanol–water partition coefficient (Wildman–Crippen LogP) is 4.22.